The monoisotopic (exact) mass is 750 g/mol. The van der Waals surface area contributed by atoms with Crippen molar-refractivity contribution in [1.29, 1.82) is 0 Å². The minimum absolute atomic E-state index is 0.0396. The second-order valence-corrected chi connectivity index (χ2v) is 14.1. The number of aliphatic hydroxyl groups is 1. The number of fused-ring (bicyclic) bond motifs is 1. The molecule has 5 aromatic rings. The minimum Gasteiger partial charge on any atom is -0.481 e. The van der Waals surface area contributed by atoms with Crippen LogP contribution in [0.25, 0.3) is 38.6 Å². The third-order valence-corrected chi connectivity index (χ3v) is 11.1. The predicted octanol–water partition coefficient (Wildman–Crippen LogP) is 5.38. The number of methoxy groups -OCH3 is 1. The number of anilines is 1. The van der Waals surface area contributed by atoms with Gasteiger partial charge < -0.3 is 30.1 Å². The fourth-order valence-electron chi connectivity index (χ4n) is 6.59. The average molecular weight is 752 g/mol. The van der Waals surface area contributed by atoms with Crippen molar-refractivity contribution in [3.8, 4) is 39.5 Å². The van der Waals surface area contributed by atoms with Crippen LogP contribution in [0.1, 0.15) is 18.4 Å². The molecule has 2 saturated heterocycles. The standard InChI is InChI=1S/C35H36Cl2N8O5S/c1-50-32-21(19-44(35(48)49)20-22-9-11-29(47)39-22)8-10-27(40-32)25-6-2-4-23(30(25)36)24-5-3-7-26(31(24)37)28-18-38-33-45(28)41-34(51-33)43-14-12-42(13-15-43)16-17-46/h2-8,10,18,22,46H,9,11-17,19-20H2,1H3,(H,39,47)(H,48,49). The number of pyridine rings is 1. The maximum Gasteiger partial charge on any atom is 0.407 e. The molecule has 2 aliphatic heterocycles. The number of carbonyl (C=O) groups excluding carboxylic acids is 1. The number of carboxylic acid groups (broad SMARTS) is 1. The maximum absolute atomic E-state index is 12.1. The van der Waals surface area contributed by atoms with E-state index in [1.807, 2.05) is 40.9 Å². The number of hydrogen-bond acceptors (Lipinski definition) is 10. The molecule has 5 heterocycles. The molecule has 2 amide bonds. The number of ether oxygens (including phenoxy) is 1. The molecular formula is C35H36Cl2N8O5S. The summed E-state index contributed by atoms with van der Waals surface area (Å²) in [6, 6.07) is 14.8. The summed E-state index contributed by atoms with van der Waals surface area (Å²) in [5.41, 5.74) is 4.74. The van der Waals surface area contributed by atoms with Crippen molar-refractivity contribution in [1.82, 2.24) is 34.7 Å². The second kappa shape index (κ2) is 15.0. The van der Waals surface area contributed by atoms with E-state index in [1.165, 1.54) is 23.3 Å². The van der Waals surface area contributed by atoms with Crippen molar-refractivity contribution in [2.45, 2.75) is 25.4 Å². The molecule has 3 N–H and O–H groups in total. The van der Waals surface area contributed by atoms with E-state index in [-0.39, 0.29) is 37.5 Å². The number of halogens is 2. The first kappa shape index (κ1) is 35.0. The van der Waals surface area contributed by atoms with Crippen LogP contribution in [0.5, 0.6) is 5.88 Å². The molecular weight excluding hydrogens is 715 g/mol. The summed E-state index contributed by atoms with van der Waals surface area (Å²) in [5.74, 6) is 0.199. The summed E-state index contributed by atoms with van der Waals surface area (Å²) in [6.07, 6.45) is 1.65. The van der Waals surface area contributed by atoms with Gasteiger partial charge in [-0.3, -0.25) is 9.69 Å². The Morgan fingerprint density at radius 2 is 1.75 bits per heavy atom. The van der Waals surface area contributed by atoms with Gasteiger partial charge in [-0.25, -0.2) is 19.3 Å². The minimum atomic E-state index is -1.10. The normalized spacial score (nSPS) is 16.5. The Labute approximate surface area is 308 Å². The summed E-state index contributed by atoms with van der Waals surface area (Å²) in [4.78, 5) is 39.6. The lowest BCUT2D eigenvalue weighted by molar-refractivity contribution is -0.119. The van der Waals surface area contributed by atoms with Gasteiger partial charge in [0.2, 0.25) is 21.9 Å². The van der Waals surface area contributed by atoms with E-state index < -0.39 is 6.09 Å². The van der Waals surface area contributed by atoms with Crippen molar-refractivity contribution >= 4 is 56.6 Å². The maximum atomic E-state index is 12.1. The Morgan fingerprint density at radius 3 is 2.41 bits per heavy atom. The quantitative estimate of drug-likeness (QED) is 0.161. The molecule has 0 saturated carbocycles. The predicted molar refractivity (Wildman–Crippen MR) is 197 cm³/mol. The molecule has 2 aromatic carbocycles. The summed E-state index contributed by atoms with van der Waals surface area (Å²) in [6.45, 7) is 4.40. The molecule has 2 fully saturated rings. The van der Waals surface area contributed by atoms with Crippen LogP contribution in [0.15, 0.2) is 54.7 Å². The van der Waals surface area contributed by atoms with E-state index in [4.69, 9.17) is 38.0 Å². The van der Waals surface area contributed by atoms with Gasteiger partial charge in [0.15, 0.2) is 0 Å². The topological polar surface area (TPSA) is 149 Å². The van der Waals surface area contributed by atoms with Crippen molar-refractivity contribution in [3.05, 3.63) is 70.3 Å². The third-order valence-electron chi connectivity index (χ3n) is 9.26. The van der Waals surface area contributed by atoms with Crippen molar-refractivity contribution < 1.29 is 24.5 Å². The molecule has 16 heteroatoms. The number of aromatic nitrogens is 4. The lowest BCUT2D eigenvalue weighted by Crippen LogP contribution is -2.47. The number of piperazine rings is 1. The van der Waals surface area contributed by atoms with Gasteiger partial charge in [-0.1, -0.05) is 70.9 Å². The zero-order valence-corrected chi connectivity index (χ0v) is 30.1. The number of rotatable bonds is 11. The molecule has 1 atom stereocenters. The van der Waals surface area contributed by atoms with E-state index >= 15 is 0 Å². The third kappa shape index (κ3) is 7.19. The first-order valence-corrected chi connectivity index (χ1v) is 18.1. The zero-order valence-electron chi connectivity index (χ0n) is 27.8. The summed E-state index contributed by atoms with van der Waals surface area (Å²) < 4.78 is 7.43. The van der Waals surface area contributed by atoms with E-state index in [9.17, 15) is 19.8 Å². The molecule has 0 radical (unpaired) electrons. The number of benzene rings is 2. The highest BCUT2D eigenvalue weighted by Crippen LogP contribution is 2.43. The van der Waals surface area contributed by atoms with Crippen LogP contribution in [-0.2, 0) is 11.3 Å². The molecule has 0 bridgehead atoms. The van der Waals surface area contributed by atoms with Crippen molar-refractivity contribution in [2.24, 2.45) is 0 Å². The lowest BCUT2D eigenvalue weighted by Gasteiger charge is -2.33. The number of imidazole rings is 1. The van der Waals surface area contributed by atoms with Crippen LogP contribution < -0.4 is 15.0 Å². The first-order valence-electron chi connectivity index (χ1n) is 16.6. The molecule has 3 aromatic heterocycles. The molecule has 1 unspecified atom stereocenters. The number of aliphatic hydroxyl groups excluding tert-OH is 1. The number of nitrogens with one attached hydrogen (secondary N) is 1. The smallest absolute Gasteiger partial charge is 0.407 e. The molecule has 2 aliphatic rings. The highest BCUT2D eigenvalue weighted by molar-refractivity contribution is 7.20. The largest absolute Gasteiger partial charge is 0.481 e. The summed E-state index contributed by atoms with van der Waals surface area (Å²) in [5, 5.41) is 28.7. The van der Waals surface area contributed by atoms with Crippen molar-refractivity contribution in [3.63, 3.8) is 0 Å². The lowest BCUT2D eigenvalue weighted by atomic mass is 9.98. The molecule has 266 valence electrons. The van der Waals surface area contributed by atoms with Crippen molar-refractivity contribution in [2.75, 3.05) is 57.9 Å². The Kier molecular flexibility index (Phi) is 10.3. The summed E-state index contributed by atoms with van der Waals surface area (Å²) >= 11 is 15.8. The second-order valence-electron chi connectivity index (χ2n) is 12.4. The Balaban J connectivity index is 1.15. The SMILES string of the molecule is COc1nc(-c2cccc(-c3cccc(-c4cnc5sc(N6CCN(CCO)CC6)nn45)c3Cl)c2Cl)ccc1CN(CC1CCC(=O)N1)C(=O)O. The van der Waals surface area contributed by atoms with Gasteiger partial charge in [0, 0.05) is 79.5 Å². The highest BCUT2D eigenvalue weighted by Gasteiger charge is 2.27. The Morgan fingerprint density at radius 1 is 1.04 bits per heavy atom. The summed E-state index contributed by atoms with van der Waals surface area (Å²) in [7, 11) is 1.49. The Bertz CT molecular complexity index is 2080. The number of hydrogen-bond donors (Lipinski definition) is 3. The van der Waals surface area contributed by atoms with Gasteiger partial charge in [-0.15, -0.1) is 5.10 Å². The fraction of sp³-hybridized carbons (Fsp3) is 0.343. The van der Waals surface area contributed by atoms with E-state index in [1.54, 1.807) is 18.3 Å². The van der Waals surface area contributed by atoms with E-state index in [0.717, 1.165) is 53.1 Å². The fourth-order valence-corrected chi connectivity index (χ4v) is 8.16. The van der Waals surface area contributed by atoms with Crippen LogP contribution >= 0.6 is 34.5 Å². The van der Waals surface area contributed by atoms with Crippen LogP contribution in [-0.4, -0.2) is 111 Å². The molecule has 0 spiro atoms. The van der Waals surface area contributed by atoms with Crippen LogP contribution in [0, 0.1) is 0 Å². The van der Waals surface area contributed by atoms with Gasteiger partial charge in [0.25, 0.3) is 0 Å². The number of nitrogens with zero attached hydrogens (tertiary/aromatic N) is 7. The van der Waals surface area contributed by atoms with Gasteiger partial charge in [0.05, 0.1) is 47.9 Å². The number of β-amino-alcohol motifs (C(OH)–C–C–N with tert-alkyl or cyclic N) is 1. The molecule has 0 aliphatic carbocycles. The molecule has 51 heavy (non-hydrogen) atoms. The van der Waals surface area contributed by atoms with Crippen LogP contribution in [0.3, 0.4) is 0 Å². The van der Waals surface area contributed by atoms with Gasteiger partial charge in [-0.2, -0.15) is 0 Å². The van der Waals surface area contributed by atoms with E-state index in [2.05, 4.69) is 20.1 Å². The first-order chi connectivity index (χ1) is 24.7. The zero-order chi connectivity index (χ0) is 35.6. The number of carbonyl (C=O) groups is 2. The average Bonchev–Trinajstić information content (AvgIpc) is 3.85. The highest BCUT2D eigenvalue weighted by atomic mass is 35.5. The van der Waals surface area contributed by atoms with E-state index in [0.29, 0.717) is 51.8 Å². The Hall–Kier alpha value is -4.47. The molecule has 13 nitrogen and oxygen atoms in total. The van der Waals surface area contributed by atoms with Crippen LogP contribution in [0.4, 0.5) is 9.93 Å². The van der Waals surface area contributed by atoms with Gasteiger partial charge in [0.1, 0.15) is 0 Å². The number of amides is 2. The van der Waals surface area contributed by atoms with Gasteiger partial charge >= 0.3 is 6.09 Å². The van der Waals surface area contributed by atoms with Gasteiger partial charge in [-0.05, 0) is 18.6 Å². The van der Waals surface area contributed by atoms with Crippen LogP contribution in [0.2, 0.25) is 10.0 Å². The molecule has 7 rings (SSSR count).